The van der Waals surface area contributed by atoms with Crippen molar-refractivity contribution in [3.63, 3.8) is 0 Å². The highest BCUT2D eigenvalue weighted by atomic mass is 35.5. The molecule has 10 heteroatoms. The molecule has 0 atom stereocenters. The topological polar surface area (TPSA) is 76.7 Å². The van der Waals surface area contributed by atoms with Gasteiger partial charge in [0.2, 0.25) is 0 Å². The van der Waals surface area contributed by atoms with E-state index in [9.17, 15) is 22.8 Å². The molecule has 3 aromatic rings. The lowest BCUT2D eigenvalue weighted by molar-refractivity contribution is -0.141. The number of nitrogens with zero attached hydrogens (tertiary/aromatic N) is 4. The fourth-order valence-electron chi connectivity index (χ4n) is 2.68. The number of aromatic nitrogens is 2. The van der Waals surface area contributed by atoms with Crippen molar-refractivity contribution in [2.24, 2.45) is 9.98 Å². The fraction of sp³-hybridized carbons (Fsp3) is 0.0625. The summed E-state index contributed by atoms with van der Waals surface area (Å²) in [7, 11) is 0. The molecule has 0 fully saturated rings. The van der Waals surface area contributed by atoms with E-state index in [0.717, 1.165) is 16.7 Å². The fourth-order valence-corrected chi connectivity index (χ4v) is 2.90. The molecule has 0 N–H and O–H groups in total. The van der Waals surface area contributed by atoms with E-state index in [4.69, 9.17) is 11.6 Å². The standard InChI is InChI=1S/C16H6ClF3N4O2/c17-8-3-1-2-4-9(8)24-13-7(5-6-10(21-13)16(18,19)20)11-12(14(24)25)23-15(26)22-11/h1-6H. The minimum absolute atomic E-state index is 0.0853. The number of hydrogen-bond donors (Lipinski definition) is 0. The van der Waals surface area contributed by atoms with E-state index in [2.05, 4.69) is 15.0 Å². The lowest BCUT2D eigenvalue weighted by atomic mass is 10.2. The third-order valence-electron chi connectivity index (χ3n) is 3.77. The second-order valence-corrected chi connectivity index (χ2v) is 5.77. The van der Waals surface area contributed by atoms with Crippen molar-refractivity contribution in [1.29, 1.82) is 0 Å². The molecule has 0 saturated heterocycles. The molecule has 0 unspecified atom stereocenters. The molecule has 130 valence electrons. The number of urea groups is 1. The molecule has 0 bridgehead atoms. The van der Waals surface area contributed by atoms with Crippen LogP contribution in [-0.2, 0) is 6.18 Å². The quantitative estimate of drug-likeness (QED) is 0.652. The number of para-hydroxylation sites is 1. The summed E-state index contributed by atoms with van der Waals surface area (Å²) in [5, 5.41) is -0.151. The number of fused-ring (bicyclic) bond motifs is 3. The Hall–Kier alpha value is -3.07. The highest BCUT2D eigenvalue weighted by Gasteiger charge is 2.33. The summed E-state index contributed by atoms with van der Waals surface area (Å²) in [4.78, 5) is 35.1. The van der Waals surface area contributed by atoms with Gasteiger partial charge >= 0.3 is 12.2 Å². The molecular weight excluding hydrogens is 373 g/mol. The Balaban J connectivity index is 2.26. The molecule has 0 aliphatic carbocycles. The molecule has 1 aromatic carbocycles. The van der Waals surface area contributed by atoms with E-state index in [0.29, 0.717) is 0 Å². The SMILES string of the molecule is O=C1N=c2c(c3ccc(C(F)(F)F)nc3n(-c3ccccc3Cl)c2=O)=N1. The molecule has 26 heavy (non-hydrogen) atoms. The van der Waals surface area contributed by atoms with E-state index < -0.39 is 23.5 Å². The molecule has 2 amide bonds. The molecule has 0 saturated carbocycles. The van der Waals surface area contributed by atoms with Crippen LogP contribution < -0.4 is 16.3 Å². The summed E-state index contributed by atoms with van der Waals surface area (Å²) < 4.78 is 40.2. The number of benzene rings is 1. The van der Waals surface area contributed by atoms with Gasteiger partial charge in [-0.1, -0.05) is 23.7 Å². The first-order valence-electron chi connectivity index (χ1n) is 7.16. The van der Waals surface area contributed by atoms with Crippen LogP contribution in [0.3, 0.4) is 0 Å². The Bertz CT molecular complexity index is 1280. The molecule has 1 aliphatic heterocycles. The van der Waals surface area contributed by atoms with E-state index >= 15 is 0 Å². The average molecular weight is 379 g/mol. The van der Waals surface area contributed by atoms with Gasteiger partial charge in [-0.05, 0) is 24.3 Å². The lowest BCUT2D eigenvalue weighted by Gasteiger charge is -2.13. The zero-order valence-electron chi connectivity index (χ0n) is 12.6. The van der Waals surface area contributed by atoms with Crippen LogP contribution in [0.5, 0.6) is 0 Å². The summed E-state index contributed by atoms with van der Waals surface area (Å²) in [5.74, 6) is 0. The number of amides is 2. The van der Waals surface area contributed by atoms with Gasteiger partial charge in [-0.2, -0.15) is 23.2 Å². The van der Waals surface area contributed by atoms with Crippen LogP contribution in [0, 0.1) is 0 Å². The summed E-state index contributed by atoms with van der Waals surface area (Å²) >= 11 is 6.11. The number of halogens is 4. The Labute approximate surface area is 146 Å². The Morgan fingerprint density at radius 2 is 1.65 bits per heavy atom. The largest absolute Gasteiger partial charge is 0.433 e. The van der Waals surface area contributed by atoms with E-state index in [1.165, 1.54) is 12.1 Å². The number of rotatable bonds is 1. The van der Waals surface area contributed by atoms with Gasteiger partial charge in [0, 0.05) is 5.39 Å². The molecule has 0 spiro atoms. The smallest absolute Gasteiger partial charge is 0.266 e. The Kier molecular flexibility index (Phi) is 3.45. The molecule has 2 aromatic heterocycles. The average Bonchev–Trinajstić information content (AvgIpc) is 2.97. The molecule has 1 aliphatic rings. The van der Waals surface area contributed by atoms with Crippen molar-refractivity contribution >= 4 is 28.7 Å². The highest BCUT2D eigenvalue weighted by Crippen LogP contribution is 2.29. The van der Waals surface area contributed by atoms with E-state index in [-0.39, 0.29) is 32.5 Å². The van der Waals surface area contributed by atoms with Crippen LogP contribution >= 0.6 is 11.6 Å². The van der Waals surface area contributed by atoms with Crippen molar-refractivity contribution in [1.82, 2.24) is 9.55 Å². The number of carbonyl (C=O) groups excluding carboxylic acids is 1. The first-order valence-corrected chi connectivity index (χ1v) is 7.54. The summed E-state index contributed by atoms with van der Waals surface area (Å²) in [6, 6.07) is 7.04. The van der Waals surface area contributed by atoms with Gasteiger partial charge in [-0.15, -0.1) is 0 Å². The van der Waals surface area contributed by atoms with Crippen LogP contribution in [0.25, 0.3) is 16.7 Å². The first-order chi connectivity index (χ1) is 12.3. The molecule has 3 heterocycles. The third-order valence-corrected chi connectivity index (χ3v) is 4.09. The van der Waals surface area contributed by atoms with Crippen molar-refractivity contribution in [2.45, 2.75) is 6.18 Å². The van der Waals surface area contributed by atoms with Crippen LogP contribution in [-0.4, -0.2) is 15.6 Å². The van der Waals surface area contributed by atoms with Crippen LogP contribution in [0.2, 0.25) is 5.02 Å². The summed E-state index contributed by atoms with van der Waals surface area (Å²) in [6.07, 6.45) is -4.72. The molecular formula is C16H6ClF3N4O2. The van der Waals surface area contributed by atoms with Gasteiger partial charge < -0.3 is 0 Å². The Morgan fingerprint density at radius 1 is 0.962 bits per heavy atom. The monoisotopic (exact) mass is 378 g/mol. The maximum absolute atomic E-state index is 13.1. The third kappa shape index (κ3) is 2.39. The maximum atomic E-state index is 13.1. The van der Waals surface area contributed by atoms with Crippen molar-refractivity contribution in [2.75, 3.05) is 0 Å². The van der Waals surface area contributed by atoms with Crippen molar-refractivity contribution in [3.05, 3.63) is 68.2 Å². The highest BCUT2D eigenvalue weighted by molar-refractivity contribution is 6.32. The molecule has 6 nitrogen and oxygen atoms in total. The van der Waals surface area contributed by atoms with Crippen LogP contribution in [0.4, 0.5) is 18.0 Å². The predicted octanol–water partition coefficient (Wildman–Crippen LogP) is 2.43. The van der Waals surface area contributed by atoms with Gasteiger partial charge in [0.1, 0.15) is 16.7 Å². The van der Waals surface area contributed by atoms with Crippen LogP contribution in [0.1, 0.15) is 5.69 Å². The predicted molar refractivity (Wildman–Crippen MR) is 85.1 cm³/mol. The van der Waals surface area contributed by atoms with Gasteiger partial charge in [0.05, 0.1) is 10.7 Å². The zero-order valence-corrected chi connectivity index (χ0v) is 13.3. The number of pyridine rings is 2. The van der Waals surface area contributed by atoms with Gasteiger partial charge in [0.25, 0.3) is 5.56 Å². The van der Waals surface area contributed by atoms with Crippen molar-refractivity contribution < 1.29 is 18.0 Å². The number of alkyl halides is 3. The minimum atomic E-state index is -4.72. The Morgan fingerprint density at radius 3 is 2.35 bits per heavy atom. The normalized spacial score (nSPS) is 13.5. The lowest BCUT2D eigenvalue weighted by Crippen LogP contribution is -2.44. The van der Waals surface area contributed by atoms with E-state index in [1.807, 2.05) is 0 Å². The van der Waals surface area contributed by atoms with E-state index in [1.54, 1.807) is 12.1 Å². The maximum Gasteiger partial charge on any atom is 0.433 e. The summed E-state index contributed by atoms with van der Waals surface area (Å²) in [6.45, 7) is 0. The summed E-state index contributed by atoms with van der Waals surface area (Å²) in [5.41, 5.74) is -2.22. The molecule has 0 radical (unpaired) electrons. The van der Waals surface area contributed by atoms with Gasteiger partial charge in [-0.3, -0.25) is 9.36 Å². The van der Waals surface area contributed by atoms with Crippen molar-refractivity contribution in [3.8, 4) is 5.69 Å². The number of carbonyl (C=O) groups is 1. The minimum Gasteiger partial charge on any atom is -0.266 e. The molecule has 4 rings (SSSR count). The van der Waals surface area contributed by atoms with Gasteiger partial charge in [-0.25, -0.2) is 9.78 Å². The van der Waals surface area contributed by atoms with Gasteiger partial charge in [0.15, 0.2) is 5.36 Å². The van der Waals surface area contributed by atoms with Crippen LogP contribution in [0.15, 0.2) is 51.2 Å². The second-order valence-electron chi connectivity index (χ2n) is 5.36. The zero-order chi connectivity index (χ0) is 18.6. The number of hydrogen-bond acceptors (Lipinski definition) is 3. The second kappa shape index (κ2) is 5.46. The first kappa shape index (κ1) is 16.4.